The van der Waals surface area contributed by atoms with Crippen LogP contribution in [0.15, 0.2) is 98.6 Å². The molecule has 1 fully saturated rings. The summed E-state index contributed by atoms with van der Waals surface area (Å²) in [5.74, 6) is -0.180. The van der Waals surface area contributed by atoms with E-state index >= 15 is 0 Å². The summed E-state index contributed by atoms with van der Waals surface area (Å²) in [5, 5.41) is 0.555. The van der Waals surface area contributed by atoms with Gasteiger partial charge in [-0.2, -0.15) is 0 Å². The van der Waals surface area contributed by atoms with Gasteiger partial charge < -0.3 is 0 Å². The first-order chi connectivity index (χ1) is 17.0. The third-order valence-corrected chi connectivity index (χ3v) is 7.93. The SMILES string of the molecule is Cc1ccc2nc(Sc3ccccc3)c(/C=C3\SC(=S)N(CCc4ccccc4)C3=O)c(=O)n2c1. The van der Waals surface area contributed by atoms with Crippen molar-refractivity contribution < 1.29 is 4.79 Å². The van der Waals surface area contributed by atoms with Crippen LogP contribution in [-0.4, -0.2) is 31.1 Å². The summed E-state index contributed by atoms with van der Waals surface area (Å²) in [6.07, 6.45) is 4.12. The predicted octanol–water partition coefficient (Wildman–Crippen LogP) is 5.60. The first kappa shape index (κ1) is 23.5. The highest BCUT2D eigenvalue weighted by atomic mass is 32.2. The summed E-state index contributed by atoms with van der Waals surface area (Å²) in [5.41, 5.74) is 2.81. The largest absolute Gasteiger partial charge is 0.293 e. The van der Waals surface area contributed by atoms with Crippen LogP contribution in [0.1, 0.15) is 16.7 Å². The molecule has 174 valence electrons. The van der Waals surface area contributed by atoms with Gasteiger partial charge in [-0.05, 0) is 48.7 Å². The zero-order valence-corrected chi connectivity index (χ0v) is 21.3. The van der Waals surface area contributed by atoms with Crippen molar-refractivity contribution in [1.82, 2.24) is 14.3 Å². The minimum Gasteiger partial charge on any atom is -0.293 e. The van der Waals surface area contributed by atoms with Crippen molar-refractivity contribution in [3.05, 3.63) is 111 Å². The standard InChI is InChI=1S/C27H21N3O2S3/c1-18-12-13-23-28-24(34-20-10-6-3-7-11-20)21(25(31)30(23)17-18)16-22-26(32)29(27(33)35-22)15-14-19-8-4-2-5-9-19/h2-13,16-17H,14-15H2,1H3/b22-16-. The zero-order chi connectivity index (χ0) is 24.4. The molecule has 2 aromatic heterocycles. The van der Waals surface area contributed by atoms with Gasteiger partial charge in [0.15, 0.2) is 0 Å². The predicted molar refractivity (Wildman–Crippen MR) is 147 cm³/mol. The Labute approximate surface area is 216 Å². The summed E-state index contributed by atoms with van der Waals surface area (Å²) in [7, 11) is 0. The minimum atomic E-state index is -0.216. The van der Waals surface area contributed by atoms with E-state index in [0.717, 1.165) is 16.0 Å². The second kappa shape index (κ2) is 10.2. The Hall–Kier alpha value is -3.20. The zero-order valence-electron chi connectivity index (χ0n) is 18.9. The van der Waals surface area contributed by atoms with Gasteiger partial charge in [-0.3, -0.25) is 18.9 Å². The van der Waals surface area contributed by atoms with Crippen LogP contribution in [0.3, 0.4) is 0 Å². The lowest BCUT2D eigenvalue weighted by atomic mass is 10.1. The van der Waals surface area contributed by atoms with E-state index in [0.29, 0.717) is 38.4 Å². The van der Waals surface area contributed by atoms with E-state index in [4.69, 9.17) is 17.2 Å². The van der Waals surface area contributed by atoms with Crippen molar-refractivity contribution in [3.63, 3.8) is 0 Å². The minimum absolute atomic E-state index is 0.180. The smallest absolute Gasteiger partial charge is 0.266 e. The molecular weight excluding hydrogens is 495 g/mol. The molecular formula is C27H21N3O2S3. The number of aryl methyl sites for hydroxylation is 1. The third-order valence-electron chi connectivity index (χ3n) is 5.54. The van der Waals surface area contributed by atoms with Crippen molar-refractivity contribution in [3.8, 4) is 0 Å². The number of thioether (sulfide) groups is 1. The van der Waals surface area contributed by atoms with Gasteiger partial charge in [0.25, 0.3) is 11.5 Å². The lowest BCUT2D eigenvalue weighted by Crippen LogP contribution is -2.30. The van der Waals surface area contributed by atoms with Crippen molar-refractivity contribution >= 4 is 57.7 Å². The monoisotopic (exact) mass is 515 g/mol. The summed E-state index contributed by atoms with van der Waals surface area (Å²) in [6.45, 7) is 2.42. The Morgan fingerprint density at radius 3 is 2.46 bits per heavy atom. The van der Waals surface area contributed by atoms with Gasteiger partial charge >= 0.3 is 0 Å². The molecule has 0 bridgehead atoms. The maximum absolute atomic E-state index is 13.6. The Balaban J connectivity index is 1.52. The maximum Gasteiger partial charge on any atom is 0.266 e. The van der Waals surface area contributed by atoms with Gasteiger partial charge in [-0.25, -0.2) is 4.98 Å². The van der Waals surface area contributed by atoms with E-state index in [1.54, 1.807) is 17.2 Å². The Morgan fingerprint density at radius 2 is 1.71 bits per heavy atom. The molecule has 0 aliphatic carbocycles. The molecule has 0 atom stereocenters. The molecule has 1 saturated heterocycles. The van der Waals surface area contributed by atoms with E-state index in [1.165, 1.54) is 27.9 Å². The molecule has 0 spiro atoms. The lowest BCUT2D eigenvalue weighted by Gasteiger charge is -2.14. The number of hydrogen-bond donors (Lipinski definition) is 0. The number of carbonyl (C=O) groups excluding carboxylic acids is 1. The summed E-state index contributed by atoms with van der Waals surface area (Å²) in [6, 6.07) is 23.5. The number of amides is 1. The first-order valence-electron chi connectivity index (χ1n) is 11.0. The molecule has 5 nitrogen and oxygen atoms in total. The Bertz CT molecular complexity index is 1520. The summed E-state index contributed by atoms with van der Waals surface area (Å²) < 4.78 is 2.03. The highest BCUT2D eigenvalue weighted by Crippen LogP contribution is 2.35. The second-order valence-electron chi connectivity index (χ2n) is 8.05. The van der Waals surface area contributed by atoms with Crippen LogP contribution < -0.4 is 5.56 Å². The molecule has 3 heterocycles. The number of benzene rings is 2. The normalized spacial score (nSPS) is 14.9. The number of nitrogens with zero attached hydrogens (tertiary/aromatic N) is 3. The number of hydrogen-bond acceptors (Lipinski definition) is 6. The van der Waals surface area contributed by atoms with Crippen LogP contribution in [0.25, 0.3) is 11.7 Å². The highest BCUT2D eigenvalue weighted by Gasteiger charge is 2.32. The van der Waals surface area contributed by atoms with E-state index in [9.17, 15) is 9.59 Å². The number of aromatic nitrogens is 2. The average molecular weight is 516 g/mol. The fourth-order valence-electron chi connectivity index (χ4n) is 3.75. The quantitative estimate of drug-likeness (QED) is 0.189. The van der Waals surface area contributed by atoms with Crippen LogP contribution in [0.4, 0.5) is 0 Å². The molecule has 1 aliphatic heterocycles. The van der Waals surface area contributed by atoms with Gasteiger partial charge in [0.2, 0.25) is 0 Å². The molecule has 1 amide bonds. The van der Waals surface area contributed by atoms with E-state index in [-0.39, 0.29) is 11.5 Å². The summed E-state index contributed by atoms with van der Waals surface area (Å²) >= 11 is 8.15. The van der Waals surface area contributed by atoms with Gasteiger partial charge in [0.05, 0.1) is 10.5 Å². The lowest BCUT2D eigenvalue weighted by molar-refractivity contribution is -0.122. The number of fused-ring (bicyclic) bond motifs is 1. The fourth-order valence-corrected chi connectivity index (χ4v) is 5.95. The first-order valence-corrected chi connectivity index (χ1v) is 13.1. The molecule has 2 aromatic carbocycles. The van der Waals surface area contributed by atoms with Crippen molar-refractivity contribution in [2.45, 2.75) is 23.3 Å². The maximum atomic E-state index is 13.6. The molecule has 0 radical (unpaired) electrons. The molecule has 8 heteroatoms. The van der Waals surface area contributed by atoms with Crippen molar-refractivity contribution in [1.29, 1.82) is 0 Å². The van der Waals surface area contributed by atoms with E-state index in [2.05, 4.69) is 0 Å². The number of carbonyl (C=O) groups is 1. The van der Waals surface area contributed by atoms with Crippen LogP contribution in [0.5, 0.6) is 0 Å². The topological polar surface area (TPSA) is 54.7 Å². The van der Waals surface area contributed by atoms with E-state index < -0.39 is 0 Å². The van der Waals surface area contributed by atoms with Crippen LogP contribution >= 0.6 is 35.7 Å². The van der Waals surface area contributed by atoms with Crippen LogP contribution in [-0.2, 0) is 11.2 Å². The van der Waals surface area contributed by atoms with Gasteiger partial charge in [-0.1, -0.05) is 90.3 Å². The molecule has 1 aliphatic rings. The van der Waals surface area contributed by atoms with Gasteiger partial charge in [0.1, 0.15) is 15.0 Å². The van der Waals surface area contributed by atoms with Crippen molar-refractivity contribution in [2.75, 3.05) is 6.54 Å². The van der Waals surface area contributed by atoms with Crippen LogP contribution in [0, 0.1) is 6.92 Å². The van der Waals surface area contributed by atoms with Gasteiger partial charge in [0, 0.05) is 17.6 Å². The highest BCUT2D eigenvalue weighted by molar-refractivity contribution is 8.26. The Kier molecular flexibility index (Phi) is 6.86. The van der Waals surface area contributed by atoms with Crippen LogP contribution in [0.2, 0.25) is 0 Å². The number of rotatable bonds is 6. The number of thiocarbonyl (C=S) groups is 1. The molecule has 4 aromatic rings. The molecule has 0 N–H and O–H groups in total. The fraction of sp³-hybridized carbons (Fsp3) is 0.111. The number of pyridine rings is 1. The van der Waals surface area contributed by atoms with Gasteiger partial charge in [-0.15, -0.1) is 0 Å². The summed E-state index contributed by atoms with van der Waals surface area (Å²) in [4.78, 5) is 34.6. The Morgan fingerprint density at radius 1 is 1.00 bits per heavy atom. The second-order valence-corrected chi connectivity index (χ2v) is 10.8. The molecule has 0 saturated carbocycles. The van der Waals surface area contributed by atoms with Crippen molar-refractivity contribution in [2.24, 2.45) is 0 Å². The van der Waals surface area contributed by atoms with E-state index in [1.807, 2.05) is 79.7 Å². The molecule has 5 rings (SSSR count). The average Bonchev–Trinajstić information content (AvgIpc) is 3.14. The molecule has 35 heavy (non-hydrogen) atoms. The molecule has 0 unspecified atom stereocenters. The third kappa shape index (κ3) is 5.10.